The number of rotatable bonds is 10. The average molecular weight is 522 g/mol. The summed E-state index contributed by atoms with van der Waals surface area (Å²) in [6, 6.07) is 11.5. The lowest BCUT2D eigenvalue weighted by molar-refractivity contribution is -0.137. The van der Waals surface area contributed by atoms with E-state index in [4.69, 9.17) is 21.4 Å². The Hall–Kier alpha value is -3.21. The van der Waals surface area contributed by atoms with Crippen molar-refractivity contribution in [3.8, 4) is 6.07 Å². The van der Waals surface area contributed by atoms with Crippen LogP contribution in [0.2, 0.25) is 5.02 Å². The highest BCUT2D eigenvalue weighted by Crippen LogP contribution is 2.41. The molecule has 1 unspecified atom stereocenters. The number of aromatic nitrogens is 2. The molecule has 4 rings (SSSR count). The zero-order chi connectivity index (χ0) is 26.5. The molecule has 0 spiro atoms. The van der Waals surface area contributed by atoms with Crippen LogP contribution < -0.4 is 0 Å². The van der Waals surface area contributed by atoms with Crippen molar-refractivity contribution in [3.63, 3.8) is 0 Å². The lowest BCUT2D eigenvalue weighted by atomic mass is 9.79. The first kappa shape index (κ1) is 26.8. The predicted octanol–water partition coefficient (Wildman–Crippen LogP) is 6.27. The number of fused-ring (bicyclic) bond motifs is 1. The Morgan fingerprint density at radius 3 is 2.68 bits per heavy atom. The van der Waals surface area contributed by atoms with Crippen molar-refractivity contribution < 1.29 is 19.4 Å². The molecule has 37 heavy (non-hydrogen) atoms. The highest BCUT2D eigenvalue weighted by Gasteiger charge is 2.31. The number of ketones is 1. The topological polar surface area (TPSA) is 105 Å². The predicted molar refractivity (Wildman–Crippen MR) is 142 cm³/mol. The molecule has 3 aromatic rings. The van der Waals surface area contributed by atoms with E-state index in [0.29, 0.717) is 46.3 Å². The van der Waals surface area contributed by atoms with Gasteiger partial charge < -0.3 is 14.4 Å². The van der Waals surface area contributed by atoms with Gasteiger partial charge >= 0.3 is 5.97 Å². The van der Waals surface area contributed by atoms with E-state index in [1.54, 1.807) is 13.0 Å². The quantitative estimate of drug-likeness (QED) is 0.315. The summed E-state index contributed by atoms with van der Waals surface area (Å²) in [5.74, 6) is -0.653. The van der Waals surface area contributed by atoms with Crippen molar-refractivity contribution in [2.75, 3.05) is 6.61 Å². The molecule has 1 fully saturated rings. The van der Waals surface area contributed by atoms with Crippen LogP contribution in [0.1, 0.15) is 78.5 Å². The summed E-state index contributed by atoms with van der Waals surface area (Å²) < 4.78 is 7.98. The summed E-state index contributed by atoms with van der Waals surface area (Å²) in [5, 5.41) is 20.0. The maximum atomic E-state index is 13.5. The van der Waals surface area contributed by atoms with Gasteiger partial charge in [-0.05, 0) is 61.3 Å². The molecule has 1 aliphatic rings. The minimum absolute atomic E-state index is 0.0617. The number of pyridine rings is 1. The summed E-state index contributed by atoms with van der Waals surface area (Å²) in [6.45, 7) is 2.99. The Labute approximate surface area is 222 Å². The first-order valence-corrected chi connectivity index (χ1v) is 13.1. The molecule has 0 radical (unpaired) electrons. The molecule has 0 amide bonds. The smallest absolute Gasteiger partial charge is 0.303 e. The molecule has 1 atom stereocenters. The van der Waals surface area contributed by atoms with Gasteiger partial charge in [-0.25, -0.2) is 4.98 Å². The zero-order valence-electron chi connectivity index (χ0n) is 21.2. The third-order valence-electron chi connectivity index (χ3n) is 7.28. The summed E-state index contributed by atoms with van der Waals surface area (Å²) >= 11 is 6.06. The van der Waals surface area contributed by atoms with Gasteiger partial charge in [0.05, 0.1) is 12.2 Å². The number of ether oxygens (including phenoxy) is 1. The molecular formula is C29H32ClN3O4. The molecule has 0 saturated heterocycles. The van der Waals surface area contributed by atoms with E-state index in [-0.39, 0.29) is 30.5 Å². The summed E-state index contributed by atoms with van der Waals surface area (Å²) in [7, 11) is 1.92. The highest BCUT2D eigenvalue weighted by atomic mass is 35.5. The molecule has 8 heteroatoms. The fourth-order valence-corrected chi connectivity index (χ4v) is 5.74. The number of Topliss-reactive ketones (excluding diaryl/α,β-unsaturated/α-hetero) is 1. The van der Waals surface area contributed by atoms with Gasteiger partial charge in [-0.15, -0.1) is 0 Å². The highest BCUT2D eigenvalue weighted by molar-refractivity contribution is 6.30. The second-order valence-electron chi connectivity index (χ2n) is 10.2. The largest absolute Gasteiger partial charge is 0.481 e. The molecule has 1 saturated carbocycles. The van der Waals surface area contributed by atoms with Crippen LogP contribution in [-0.2, 0) is 23.2 Å². The molecule has 1 N–H and O–H groups in total. The van der Waals surface area contributed by atoms with Gasteiger partial charge in [0, 0.05) is 60.3 Å². The fourth-order valence-electron chi connectivity index (χ4n) is 5.52. The molecule has 194 valence electrons. The Morgan fingerprint density at radius 2 is 2.00 bits per heavy atom. The van der Waals surface area contributed by atoms with Crippen LogP contribution in [0.25, 0.3) is 11.0 Å². The number of nitrogens with zero attached hydrogens (tertiary/aromatic N) is 3. The molecule has 7 nitrogen and oxygen atoms in total. The number of aryl methyl sites for hydroxylation is 1. The minimum atomic E-state index is -0.914. The van der Waals surface area contributed by atoms with Gasteiger partial charge in [-0.1, -0.05) is 30.7 Å². The maximum Gasteiger partial charge on any atom is 0.303 e. The van der Waals surface area contributed by atoms with E-state index >= 15 is 0 Å². The van der Waals surface area contributed by atoms with Crippen molar-refractivity contribution in [2.24, 2.45) is 18.9 Å². The van der Waals surface area contributed by atoms with Crippen molar-refractivity contribution in [3.05, 3.63) is 63.9 Å². The number of hydrogen-bond donors (Lipinski definition) is 1. The van der Waals surface area contributed by atoms with Crippen molar-refractivity contribution >= 4 is 34.4 Å². The van der Waals surface area contributed by atoms with E-state index < -0.39 is 5.97 Å². The first-order chi connectivity index (χ1) is 17.8. The van der Waals surface area contributed by atoms with E-state index in [1.165, 1.54) is 6.20 Å². The lowest BCUT2D eigenvalue weighted by Gasteiger charge is -2.29. The summed E-state index contributed by atoms with van der Waals surface area (Å²) in [6.07, 6.45) is 5.43. The third kappa shape index (κ3) is 6.38. The lowest BCUT2D eigenvalue weighted by Crippen LogP contribution is -2.21. The van der Waals surface area contributed by atoms with Crippen LogP contribution in [0, 0.1) is 23.2 Å². The Morgan fingerprint density at radius 1 is 1.24 bits per heavy atom. The number of nitriles is 1. The van der Waals surface area contributed by atoms with E-state index in [9.17, 15) is 14.9 Å². The number of hydrogen-bond acceptors (Lipinski definition) is 5. The van der Waals surface area contributed by atoms with Gasteiger partial charge in [0.1, 0.15) is 11.7 Å². The first-order valence-electron chi connectivity index (χ1n) is 12.7. The zero-order valence-corrected chi connectivity index (χ0v) is 22.0. The van der Waals surface area contributed by atoms with Crippen LogP contribution in [0.5, 0.6) is 0 Å². The molecule has 1 aromatic carbocycles. The molecule has 1 aliphatic carbocycles. The molecule has 2 heterocycles. The number of carboxylic acid groups (broad SMARTS) is 1. The van der Waals surface area contributed by atoms with E-state index in [2.05, 4.69) is 11.1 Å². The SMILES string of the molecule is CC(CC(=O)O)CC(=O)c1c2cc(C#N)cnc2n(C)c1[C@H]1CC[C@@H](COCc2cccc(Cl)c2)CC1. The third-order valence-corrected chi connectivity index (χ3v) is 7.52. The summed E-state index contributed by atoms with van der Waals surface area (Å²) in [5.41, 5.74) is 3.68. The van der Waals surface area contributed by atoms with Crippen LogP contribution in [0.4, 0.5) is 0 Å². The molecule has 0 aliphatic heterocycles. The Bertz CT molecular complexity index is 1330. The Kier molecular flexibility index (Phi) is 8.63. The normalized spacial score (nSPS) is 18.4. The van der Waals surface area contributed by atoms with Crippen LogP contribution in [0.15, 0.2) is 36.5 Å². The van der Waals surface area contributed by atoms with E-state index in [0.717, 1.165) is 36.9 Å². The number of carbonyl (C=O) groups excluding carboxylic acids is 1. The monoisotopic (exact) mass is 521 g/mol. The van der Waals surface area contributed by atoms with Gasteiger partial charge in [-0.2, -0.15) is 5.26 Å². The van der Waals surface area contributed by atoms with Crippen molar-refractivity contribution in [1.82, 2.24) is 9.55 Å². The minimum Gasteiger partial charge on any atom is -0.481 e. The summed E-state index contributed by atoms with van der Waals surface area (Å²) in [4.78, 5) is 29.2. The Balaban J connectivity index is 1.51. The van der Waals surface area contributed by atoms with Crippen molar-refractivity contribution in [2.45, 2.75) is 58.0 Å². The van der Waals surface area contributed by atoms with Gasteiger partial charge in [0.25, 0.3) is 0 Å². The van der Waals surface area contributed by atoms with Crippen LogP contribution >= 0.6 is 11.6 Å². The second-order valence-corrected chi connectivity index (χ2v) is 10.7. The van der Waals surface area contributed by atoms with E-state index in [1.807, 2.05) is 35.9 Å². The number of aliphatic carboxylic acids is 1. The molecule has 0 bridgehead atoms. The maximum absolute atomic E-state index is 13.5. The van der Waals surface area contributed by atoms with Crippen LogP contribution in [0.3, 0.4) is 0 Å². The average Bonchev–Trinajstić information content (AvgIpc) is 3.15. The molecule has 2 aromatic heterocycles. The van der Waals surface area contributed by atoms with Crippen LogP contribution in [-0.4, -0.2) is 33.0 Å². The molecular weight excluding hydrogens is 490 g/mol. The standard InChI is InChI=1S/C29H32ClN3O4/c1-18(11-26(35)36)10-25(34)27-24-13-21(14-31)15-32-29(24)33(2)28(27)22-8-6-19(7-9-22)16-37-17-20-4-3-5-23(30)12-20/h3-5,12-13,15,18-19,22H,6-11,16-17H2,1-2H3,(H,35,36)/t18?,19-,22+. The number of benzene rings is 1. The second kappa shape index (κ2) is 11.9. The number of carbonyl (C=O) groups is 2. The number of halogens is 1. The van der Waals surface area contributed by atoms with Gasteiger partial charge in [0.15, 0.2) is 5.78 Å². The van der Waals surface area contributed by atoms with Gasteiger partial charge in [-0.3, -0.25) is 9.59 Å². The van der Waals surface area contributed by atoms with Crippen molar-refractivity contribution in [1.29, 1.82) is 5.26 Å². The number of carboxylic acids is 1. The van der Waals surface area contributed by atoms with Gasteiger partial charge in [0.2, 0.25) is 0 Å². The fraction of sp³-hybridized carbons (Fsp3) is 0.448.